The van der Waals surface area contributed by atoms with Crippen LogP contribution in [0, 0.1) is 6.92 Å². The third-order valence-electron chi connectivity index (χ3n) is 2.44. The van der Waals surface area contributed by atoms with Crippen molar-refractivity contribution in [2.75, 3.05) is 0 Å². The lowest BCUT2D eigenvalue weighted by Gasteiger charge is -1.95. The van der Waals surface area contributed by atoms with Crippen LogP contribution in [0.25, 0.3) is 0 Å². The van der Waals surface area contributed by atoms with Crippen LogP contribution in [0.2, 0.25) is 0 Å². The summed E-state index contributed by atoms with van der Waals surface area (Å²) < 4.78 is 66.0. The number of amides is 1. The number of aliphatic carboxylic acids is 1. The van der Waals surface area contributed by atoms with Crippen molar-refractivity contribution in [3.05, 3.63) is 54.0 Å². The van der Waals surface area contributed by atoms with Crippen LogP contribution in [0.3, 0.4) is 0 Å². The number of rotatable bonds is 2. The van der Waals surface area contributed by atoms with Crippen molar-refractivity contribution in [3.8, 4) is 0 Å². The summed E-state index contributed by atoms with van der Waals surface area (Å²) in [6.07, 6.45) is -3.68. The molecular formula is C14H15F3N2O7S. The lowest BCUT2D eigenvalue weighted by Crippen LogP contribution is -2.29. The number of furan rings is 1. The van der Waals surface area contributed by atoms with E-state index in [1.54, 1.807) is 18.2 Å². The molecule has 1 aromatic carbocycles. The van der Waals surface area contributed by atoms with E-state index in [9.17, 15) is 26.4 Å². The molecule has 0 saturated heterocycles. The summed E-state index contributed by atoms with van der Waals surface area (Å²) >= 11 is 0. The molecular weight excluding hydrogens is 397 g/mol. The Labute approximate surface area is 151 Å². The number of hydrogen-bond donors (Lipinski definition) is 4. The second kappa shape index (κ2) is 10.3. The monoisotopic (exact) mass is 412 g/mol. The normalized spacial score (nSPS) is 10.6. The Morgan fingerprint density at radius 3 is 1.93 bits per heavy atom. The fourth-order valence-corrected chi connectivity index (χ4v) is 1.67. The number of carbonyl (C=O) groups excluding carboxylic acids is 1. The van der Waals surface area contributed by atoms with Crippen LogP contribution in [-0.2, 0) is 14.9 Å². The van der Waals surface area contributed by atoms with Crippen molar-refractivity contribution < 1.29 is 45.3 Å². The van der Waals surface area contributed by atoms with Gasteiger partial charge in [0.1, 0.15) is 0 Å². The van der Waals surface area contributed by atoms with Gasteiger partial charge in [-0.3, -0.25) is 14.8 Å². The van der Waals surface area contributed by atoms with Crippen LogP contribution in [0.15, 0.2) is 52.0 Å². The first-order chi connectivity index (χ1) is 12.3. The summed E-state index contributed by atoms with van der Waals surface area (Å²) in [5.41, 5.74) is 2.89. The van der Waals surface area contributed by atoms with Gasteiger partial charge in [0.05, 0.1) is 11.2 Å². The first-order valence-electron chi connectivity index (χ1n) is 6.67. The number of hydrazine groups is 1. The molecule has 0 radical (unpaired) electrons. The minimum absolute atomic E-state index is 0.0666. The van der Waals surface area contributed by atoms with E-state index in [-0.39, 0.29) is 10.7 Å². The number of hydrogen-bond acceptors (Lipinski definition) is 6. The van der Waals surface area contributed by atoms with E-state index in [1.807, 2.05) is 12.3 Å². The van der Waals surface area contributed by atoms with Crippen LogP contribution in [0.5, 0.6) is 0 Å². The molecule has 0 atom stereocenters. The number of halogens is 3. The number of nitrogen functional groups attached to an aromatic ring is 1. The Morgan fingerprint density at radius 2 is 1.63 bits per heavy atom. The molecule has 0 aliphatic rings. The summed E-state index contributed by atoms with van der Waals surface area (Å²) in [6, 6.07) is 9.13. The van der Waals surface area contributed by atoms with Gasteiger partial charge in [0.2, 0.25) is 0 Å². The second-order valence-corrected chi connectivity index (χ2v) is 5.96. The molecule has 0 aliphatic carbocycles. The zero-order chi connectivity index (χ0) is 21.3. The Kier molecular flexibility index (Phi) is 9.19. The molecule has 1 aromatic heterocycles. The molecule has 0 aliphatic heterocycles. The second-order valence-electron chi connectivity index (χ2n) is 4.54. The Morgan fingerprint density at radius 1 is 1.15 bits per heavy atom. The Hall–Kier alpha value is -2.90. The Bertz CT molecular complexity index is 833. The third-order valence-corrected chi connectivity index (χ3v) is 3.31. The number of carboxylic acid groups (broad SMARTS) is 1. The van der Waals surface area contributed by atoms with Crippen LogP contribution in [-0.4, -0.2) is 36.1 Å². The maximum atomic E-state index is 10.6. The number of carbonyl (C=O) groups is 2. The summed E-state index contributed by atoms with van der Waals surface area (Å²) in [6.45, 7) is 1.84. The number of aryl methyl sites for hydroxylation is 1. The van der Waals surface area contributed by atoms with E-state index < -0.39 is 28.2 Å². The topological polar surface area (TPSA) is 160 Å². The van der Waals surface area contributed by atoms with E-state index >= 15 is 0 Å². The molecule has 2 rings (SSSR count). The fourth-order valence-electron chi connectivity index (χ4n) is 1.19. The third kappa shape index (κ3) is 9.98. The molecule has 9 nitrogen and oxygen atoms in total. The highest BCUT2D eigenvalue weighted by molar-refractivity contribution is 7.85. The largest absolute Gasteiger partial charge is 0.490 e. The quantitative estimate of drug-likeness (QED) is 0.251. The number of benzene rings is 1. The van der Waals surface area contributed by atoms with Gasteiger partial charge in [-0.2, -0.15) is 21.6 Å². The van der Waals surface area contributed by atoms with Crippen molar-refractivity contribution in [2.45, 2.75) is 18.0 Å². The maximum Gasteiger partial charge on any atom is 0.490 e. The maximum absolute atomic E-state index is 10.6. The smallest absolute Gasteiger partial charge is 0.475 e. The highest BCUT2D eigenvalue weighted by atomic mass is 32.2. The summed E-state index contributed by atoms with van der Waals surface area (Å²) in [5.74, 6) is 1.85. The number of carboxylic acids is 1. The molecule has 1 heterocycles. The minimum Gasteiger partial charge on any atom is -0.475 e. The van der Waals surface area contributed by atoms with Gasteiger partial charge in [-0.05, 0) is 31.2 Å². The van der Waals surface area contributed by atoms with Gasteiger partial charge in [0.15, 0.2) is 5.76 Å². The van der Waals surface area contributed by atoms with Crippen molar-refractivity contribution in [1.82, 2.24) is 5.43 Å². The highest BCUT2D eigenvalue weighted by Crippen LogP contribution is 2.13. The SMILES string of the molecule is Cc1ccc(S(=O)(=O)O)cc1.NNC(=O)c1ccco1.O=C(O)C(F)(F)F. The lowest BCUT2D eigenvalue weighted by atomic mass is 10.2. The minimum atomic E-state index is -5.08. The van der Waals surface area contributed by atoms with Gasteiger partial charge < -0.3 is 9.52 Å². The molecule has 5 N–H and O–H groups in total. The average molecular weight is 412 g/mol. The van der Waals surface area contributed by atoms with E-state index in [2.05, 4.69) is 0 Å². The van der Waals surface area contributed by atoms with Gasteiger partial charge in [-0.25, -0.2) is 10.6 Å². The van der Waals surface area contributed by atoms with Crippen LogP contribution < -0.4 is 11.3 Å². The number of nitrogens with one attached hydrogen (secondary N) is 1. The predicted molar refractivity (Wildman–Crippen MR) is 85.0 cm³/mol. The van der Waals surface area contributed by atoms with Gasteiger partial charge in [0.25, 0.3) is 10.1 Å². The fraction of sp³-hybridized carbons (Fsp3) is 0.143. The van der Waals surface area contributed by atoms with Crippen molar-refractivity contribution >= 4 is 22.0 Å². The highest BCUT2D eigenvalue weighted by Gasteiger charge is 2.38. The first kappa shape index (κ1) is 24.1. The summed E-state index contributed by atoms with van der Waals surface area (Å²) in [4.78, 5) is 19.4. The number of nitrogens with two attached hydrogens (primary N) is 1. The van der Waals surface area contributed by atoms with E-state index in [0.29, 0.717) is 0 Å². The Balaban J connectivity index is 0.000000387. The lowest BCUT2D eigenvalue weighted by molar-refractivity contribution is -0.192. The van der Waals surface area contributed by atoms with Crippen LogP contribution in [0.4, 0.5) is 13.2 Å². The summed E-state index contributed by atoms with van der Waals surface area (Å²) in [5, 5.41) is 7.12. The predicted octanol–water partition coefficient (Wildman–Crippen LogP) is 1.76. The molecule has 0 spiro atoms. The van der Waals surface area contributed by atoms with Crippen LogP contribution >= 0.6 is 0 Å². The number of alkyl halides is 3. The average Bonchev–Trinajstić information content (AvgIpc) is 3.08. The molecule has 2 aromatic rings. The van der Waals surface area contributed by atoms with Crippen molar-refractivity contribution in [2.24, 2.45) is 5.84 Å². The van der Waals surface area contributed by atoms with Crippen LogP contribution in [0.1, 0.15) is 16.1 Å². The van der Waals surface area contributed by atoms with Crippen molar-refractivity contribution in [3.63, 3.8) is 0 Å². The molecule has 0 unspecified atom stereocenters. The van der Waals surface area contributed by atoms with Gasteiger partial charge in [0, 0.05) is 0 Å². The molecule has 150 valence electrons. The molecule has 13 heteroatoms. The molecule has 0 fully saturated rings. The van der Waals surface area contributed by atoms with E-state index in [0.717, 1.165) is 5.56 Å². The van der Waals surface area contributed by atoms with Gasteiger partial charge in [-0.15, -0.1) is 0 Å². The first-order valence-corrected chi connectivity index (χ1v) is 8.11. The molecule has 0 saturated carbocycles. The van der Waals surface area contributed by atoms with Crippen molar-refractivity contribution in [1.29, 1.82) is 0 Å². The molecule has 0 bridgehead atoms. The van der Waals surface area contributed by atoms with Gasteiger partial charge >= 0.3 is 18.1 Å². The molecule has 1 amide bonds. The standard InChI is InChI=1S/C7H8O3S.C5H6N2O2.C2HF3O2/c1-6-2-4-7(5-3-6)11(8,9)10;6-7-5(8)4-2-1-3-9-4;3-2(4,5)1(6)7/h2-5H,1H3,(H,8,9,10);1-3H,6H2,(H,7,8);(H,6,7). The zero-order valence-corrected chi connectivity index (χ0v) is 14.4. The zero-order valence-electron chi connectivity index (χ0n) is 13.6. The van der Waals surface area contributed by atoms with E-state index in [4.69, 9.17) is 24.7 Å². The summed E-state index contributed by atoms with van der Waals surface area (Å²) in [7, 11) is -4.02. The van der Waals surface area contributed by atoms with E-state index in [1.165, 1.54) is 24.5 Å². The van der Waals surface area contributed by atoms with Gasteiger partial charge in [-0.1, -0.05) is 17.7 Å². The molecule has 27 heavy (non-hydrogen) atoms.